The Hall–Kier alpha value is -2.62. The lowest BCUT2D eigenvalue weighted by molar-refractivity contribution is -0.123. The standard InChI is InChI=1S/C28H35ClN4O4/c1-2-35-19-33-11-9-23-24-17-21(29)5-8-25(24)31-27(23)28(33)20-3-6-22(7-4-20)37-18-26(34)30-10-12-32-13-15-36-16-14-32/h3-8,17,28,31H,2,9-16,18-19H2,1H3,(H,30,34). The summed E-state index contributed by atoms with van der Waals surface area (Å²) in [5.41, 5.74) is 4.72. The van der Waals surface area contributed by atoms with E-state index in [4.69, 9.17) is 25.8 Å². The van der Waals surface area contributed by atoms with E-state index in [2.05, 4.69) is 32.2 Å². The number of H-pyrrole nitrogens is 1. The second-order valence-electron chi connectivity index (χ2n) is 9.46. The molecule has 0 spiro atoms. The number of benzene rings is 2. The van der Waals surface area contributed by atoms with Crippen LogP contribution in [0, 0.1) is 0 Å². The zero-order valence-electron chi connectivity index (χ0n) is 21.3. The molecule has 1 saturated heterocycles. The first-order chi connectivity index (χ1) is 18.1. The summed E-state index contributed by atoms with van der Waals surface area (Å²) in [7, 11) is 0. The van der Waals surface area contributed by atoms with Gasteiger partial charge in [-0.25, -0.2) is 0 Å². The van der Waals surface area contributed by atoms with Gasteiger partial charge in [0.25, 0.3) is 5.91 Å². The number of rotatable bonds is 10. The Morgan fingerprint density at radius 2 is 1.97 bits per heavy atom. The number of nitrogens with zero attached hydrogens (tertiary/aromatic N) is 2. The van der Waals surface area contributed by atoms with Crippen molar-refractivity contribution in [3.8, 4) is 5.75 Å². The van der Waals surface area contributed by atoms with Gasteiger partial charge in [0.15, 0.2) is 6.61 Å². The van der Waals surface area contributed by atoms with Crippen molar-refractivity contribution in [1.29, 1.82) is 0 Å². The molecular formula is C28H35ClN4O4. The van der Waals surface area contributed by atoms with Crippen molar-refractivity contribution in [2.45, 2.75) is 19.4 Å². The highest BCUT2D eigenvalue weighted by molar-refractivity contribution is 6.31. The minimum Gasteiger partial charge on any atom is -0.484 e. The molecule has 2 N–H and O–H groups in total. The van der Waals surface area contributed by atoms with Gasteiger partial charge in [0, 0.05) is 61.0 Å². The number of nitrogens with one attached hydrogen (secondary N) is 2. The second-order valence-corrected chi connectivity index (χ2v) is 9.89. The van der Waals surface area contributed by atoms with Crippen molar-refractivity contribution in [3.05, 3.63) is 64.3 Å². The van der Waals surface area contributed by atoms with Crippen molar-refractivity contribution < 1.29 is 19.0 Å². The van der Waals surface area contributed by atoms with E-state index >= 15 is 0 Å². The monoisotopic (exact) mass is 526 g/mol. The van der Waals surface area contributed by atoms with Crippen LogP contribution in [0.1, 0.15) is 29.8 Å². The number of halogens is 1. The normalized spacial score (nSPS) is 18.6. The number of carbonyl (C=O) groups excluding carboxylic acids is 1. The molecule has 2 aliphatic rings. The molecule has 2 aliphatic heterocycles. The Balaban J connectivity index is 1.24. The van der Waals surface area contributed by atoms with Gasteiger partial charge in [0.05, 0.1) is 26.0 Å². The quantitative estimate of drug-likeness (QED) is 0.420. The van der Waals surface area contributed by atoms with E-state index < -0.39 is 0 Å². The van der Waals surface area contributed by atoms with Gasteiger partial charge in [0.1, 0.15) is 5.75 Å². The molecule has 3 aromatic rings. The average Bonchev–Trinajstić information content (AvgIpc) is 3.29. The van der Waals surface area contributed by atoms with E-state index in [9.17, 15) is 4.79 Å². The van der Waals surface area contributed by atoms with Crippen LogP contribution >= 0.6 is 11.6 Å². The zero-order chi connectivity index (χ0) is 25.6. The lowest BCUT2D eigenvalue weighted by Crippen LogP contribution is -2.42. The molecule has 9 heteroatoms. The summed E-state index contributed by atoms with van der Waals surface area (Å²) in [6, 6.07) is 14.0. The molecule has 1 amide bonds. The molecule has 0 aliphatic carbocycles. The van der Waals surface area contributed by atoms with E-state index in [1.54, 1.807) is 0 Å². The maximum atomic E-state index is 12.2. The number of hydrogen-bond acceptors (Lipinski definition) is 6. The smallest absolute Gasteiger partial charge is 0.257 e. The summed E-state index contributed by atoms with van der Waals surface area (Å²) in [4.78, 5) is 20.5. The molecule has 5 rings (SSSR count). The fourth-order valence-electron chi connectivity index (χ4n) is 5.16. The van der Waals surface area contributed by atoms with Crippen molar-refractivity contribution >= 4 is 28.4 Å². The van der Waals surface area contributed by atoms with E-state index in [1.165, 1.54) is 16.6 Å². The average molecular weight is 527 g/mol. The fraction of sp³-hybridized carbons (Fsp3) is 0.464. The van der Waals surface area contributed by atoms with Crippen molar-refractivity contribution in [2.75, 3.05) is 65.9 Å². The number of ether oxygens (including phenoxy) is 3. The lowest BCUT2D eigenvalue weighted by atomic mass is 9.93. The fourth-order valence-corrected chi connectivity index (χ4v) is 5.33. The molecule has 1 atom stereocenters. The van der Waals surface area contributed by atoms with Crippen molar-refractivity contribution in [3.63, 3.8) is 0 Å². The Bertz CT molecular complexity index is 1190. The van der Waals surface area contributed by atoms with Gasteiger partial charge in [-0.15, -0.1) is 0 Å². The number of amides is 1. The Morgan fingerprint density at radius 1 is 1.16 bits per heavy atom. The first kappa shape index (κ1) is 26.0. The third-order valence-corrected chi connectivity index (χ3v) is 7.30. The van der Waals surface area contributed by atoms with Crippen molar-refractivity contribution in [2.24, 2.45) is 0 Å². The van der Waals surface area contributed by atoms with Gasteiger partial charge in [-0.2, -0.15) is 0 Å². The van der Waals surface area contributed by atoms with Gasteiger partial charge < -0.3 is 24.5 Å². The van der Waals surface area contributed by atoms with Crippen LogP contribution in [-0.2, 0) is 20.7 Å². The Kier molecular flexibility index (Phi) is 8.63. The molecule has 2 aromatic carbocycles. The molecule has 8 nitrogen and oxygen atoms in total. The number of hydrogen-bond donors (Lipinski definition) is 2. The Labute approximate surface area is 222 Å². The molecule has 1 aromatic heterocycles. The van der Waals surface area contributed by atoms with Crippen molar-refractivity contribution in [1.82, 2.24) is 20.1 Å². The molecule has 1 unspecified atom stereocenters. The topological polar surface area (TPSA) is 79.1 Å². The van der Waals surface area contributed by atoms with Crippen LogP contribution in [0.4, 0.5) is 0 Å². The van der Waals surface area contributed by atoms with Crippen LogP contribution in [0.25, 0.3) is 10.9 Å². The molecule has 198 valence electrons. The molecule has 37 heavy (non-hydrogen) atoms. The summed E-state index contributed by atoms with van der Waals surface area (Å²) < 4.78 is 16.9. The number of fused-ring (bicyclic) bond motifs is 3. The number of morpholine rings is 1. The lowest BCUT2D eigenvalue weighted by Gasteiger charge is -2.35. The molecule has 1 fully saturated rings. The molecule has 0 radical (unpaired) electrons. The van der Waals surface area contributed by atoms with E-state index in [0.717, 1.165) is 61.9 Å². The summed E-state index contributed by atoms with van der Waals surface area (Å²) in [6.07, 6.45) is 0.932. The third kappa shape index (κ3) is 6.27. The SMILES string of the molecule is CCOCN1CCc2c([nH]c3ccc(Cl)cc23)C1c1ccc(OCC(=O)NCCN2CCOCC2)cc1. The number of aromatic nitrogens is 1. The van der Waals surface area contributed by atoms with E-state index in [-0.39, 0.29) is 18.6 Å². The summed E-state index contributed by atoms with van der Waals surface area (Å²) >= 11 is 6.31. The summed E-state index contributed by atoms with van der Waals surface area (Å²) in [6.45, 7) is 8.89. The maximum Gasteiger partial charge on any atom is 0.257 e. The largest absolute Gasteiger partial charge is 0.484 e. The highest BCUT2D eigenvalue weighted by Crippen LogP contribution is 2.39. The summed E-state index contributed by atoms with van der Waals surface area (Å²) in [5, 5.41) is 4.86. The van der Waals surface area contributed by atoms with Crippen LogP contribution in [0.3, 0.4) is 0 Å². The van der Waals surface area contributed by atoms with Crippen LogP contribution in [0.2, 0.25) is 5.02 Å². The van der Waals surface area contributed by atoms with Crippen LogP contribution in [0.5, 0.6) is 5.75 Å². The maximum absolute atomic E-state index is 12.2. The second kappa shape index (κ2) is 12.3. The van der Waals surface area contributed by atoms with E-state index in [1.807, 2.05) is 37.3 Å². The first-order valence-electron chi connectivity index (χ1n) is 13.0. The van der Waals surface area contributed by atoms with Gasteiger partial charge in [-0.3, -0.25) is 14.6 Å². The summed E-state index contributed by atoms with van der Waals surface area (Å²) in [5.74, 6) is 0.553. The zero-order valence-corrected chi connectivity index (χ0v) is 22.1. The van der Waals surface area contributed by atoms with Crippen LogP contribution in [0.15, 0.2) is 42.5 Å². The third-order valence-electron chi connectivity index (χ3n) is 7.07. The highest BCUT2D eigenvalue weighted by atomic mass is 35.5. The van der Waals surface area contributed by atoms with Crippen LogP contribution in [-0.4, -0.2) is 86.6 Å². The van der Waals surface area contributed by atoms with E-state index in [0.29, 0.717) is 25.6 Å². The Morgan fingerprint density at radius 3 is 2.76 bits per heavy atom. The number of aromatic amines is 1. The molecule has 0 saturated carbocycles. The van der Waals surface area contributed by atoms with Crippen LogP contribution < -0.4 is 10.1 Å². The minimum absolute atomic E-state index is 0.00469. The molecule has 3 heterocycles. The first-order valence-corrected chi connectivity index (χ1v) is 13.4. The van der Waals surface area contributed by atoms with Gasteiger partial charge in [-0.1, -0.05) is 23.7 Å². The predicted octanol–water partition coefficient (Wildman–Crippen LogP) is 3.59. The van der Waals surface area contributed by atoms with Gasteiger partial charge in [-0.05, 0) is 54.8 Å². The number of carbonyl (C=O) groups is 1. The predicted molar refractivity (Wildman–Crippen MR) is 144 cm³/mol. The highest BCUT2D eigenvalue weighted by Gasteiger charge is 2.31. The minimum atomic E-state index is -0.117. The molecule has 0 bridgehead atoms. The van der Waals surface area contributed by atoms with Gasteiger partial charge >= 0.3 is 0 Å². The molecular weight excluding hydrogens is 492 g/mol. The van der Waals surface area contributed by atoms with Gasteiger partial charge in [0.2, 0.25) is 0 Å².